The molecule has 1 aromatic carbocycles. The first-order valence-corrected chi connectivity index (χ1v) is 12.3. The van der Waals surface area contributed by atoms with Crippen LogP contribution in [0.4, 0.5) is 0 Å². The minimum atomic E-state index is -3.59. The molecular weight excluding hydrogens is 446 g/mol. The van der Waals surface area contributed by atoms with Gasteiger partial charge in [0.1, 0.15) is 12.2 Å². The molecule has 4 rings (SSSR count). The molecule has 1 amide bonds. The highest BCUT2D eigenvalue weighted by Crippen LogP contribution is 2.24. The molecule has 33 heavy (non-hydrogen) atoms. The average molecular weight is 472 g/mol. The Hall–Kier alpha value is -3.07. The van der Waals surface area contributed by atoms with Crippen molar-refractivity contribution in [3.63, 3.8) is 0 Å². The Morgan fingerprint density at radius 2 is 1.76 bits per heavy atom. The third-order valence-electron chi connectivity index (χ3n) is 5.78. The summed E-state index contributed by atoms with van der Waals surface area (Å²) in [5.41, 5.74) is 0.569. The Kier molecular flexibility index (Phi) is 7.17. The van der Waals surface area contributed by atoms with E-state index >= 15 is 0 Å². The summed E-state index contributed by atoms with van der Waals surface area (Å²) in [6.45, 7) is 1.41. The first-order chi connectivity index (χ1) is 16.0. The number of aromatic nitrogens is 2. The van der Waals surface area contributed by atoms with Crippen LogP contribution in [0.25, 0.3) is 0 Å². The summed E-state index contributed by atoms with van der Waals surface area (Å²) in [7, 11) is -3.59. The van der Waals surface area contributed by atoms with Gasteiger partial charge in [0.15, 0.2) is 0 Å². The van der Waals surface area contributed by atoms with Gasteiger partial charge >= 0.3 is 0 Å². The molecule has 11 heteroatoms. The van der Waals surface area contributed by atoms with E-state index in [9.17, 15) is 13.2 Å². The van der Waals surface area contributed by atoms with E-state index < -0.39 is 10.0 Å². The number of morpholine rings is 1. The number of sulfonamides is 1. The zero-order valence-electron chi connectivity index (χ0n) is 18.0. The normalized spacial score (nSPS) is 21.7. The summed E-state index contributed by atoms with van der Waals surface area (Å²) >= 11 is 0. The van der Waals surface area contributed by atoms with E-state index in [-0.39, 0.29) is 34.5 Å². The molecule has 10 nitrogen and oxygen atoms in total. The fourth-order valence-electron chi connectivity index (χ4n) is 3.95. The Balaban J connectivity index is 1.30. The van der Waals surface area contributed by atoms with E-state index in [1.807, 2.05) is 6.07 Å². The third-order valence-corrected chi connectivity index (χ3v) is 7.70. The van der Waals surface area contributed by atoms with Gasteiger partial charge < -0.3 is 14.8 Å². The van der Waals surface area contributed by atoms with Crippen molar-refractivity contribution in [1.29, 1.82) is 5.26 Å². The average Bonchev–Trinajstić information content (AvgIpc) is 2.86. The molecule has 1 aromatic heterocycles. The van der Waals surface area contributed by atoms with E-state index in [2.05, 4.69) is 15.3 Å². The molecule has 2 aliphatic rings. The number of hydrogen-bond acceptors (Lipinski definition) is 8. The third kappa shape index (κ3) is 5.47. The van der Waals surface area contributed by atoms with Gasteiger partial charge in [-0.25, -0.2) is 18.4 Å². The lowest BCUT2D eigenvalue weighted by molar-refractivity contribution is 0.0730. The summed E-state index contributed by atoms with van der Waals surface area (Å²) < 4.78 is 37.9. The van der Waals surface area contributed by atoms with Crippen molar-refractivity contribution >= 4 is 15.9 Å². The maximum absolute atomic E-state index is 12.7. The van der Waals surface area contributed by atoms with Crippen molar-refractivity contribution in [2.75, 3.05) is 26.3 Å². The lowest BCUT2D eigenvalue weighted by atomic mass is 9.92. The molecule has 2 heterocycles. The van der Waals surface area contributed by atoms with Crippen LogP contribution in [0.2, 0.25) is 0 Å². The SMILES string of the molecule is N#Cc1nccnc1OC1CCC(NC(=O)c2ccc(S(=O)(=O)N3CCOCC3)cc2)CC1. The van der Waals surface area contributed by atoms with Crippen molar-refractivity contribution in [3.8, 4) is 11.9 Å². The lowest BCUT2D eigenvalue weighted by Gasteiger charge is -2.29. The second-order valence-corrected chi connectivity index (χ2v) is 9.87. The minimum absolute atomic E-state index is 0.00796. The van der Waals surface area contributed by atoms with Crippen LogP contribution in [0.15, 0.2) is 41.6 Å². The predicted molar refractivity (Wildman–Crippen MR) is 117 cm³/mol. The van der Waals surface area contributed by atoms with Gasteiger partial charge in [0.25, 0.3) is 11.8 Å². The second kappa shape index (κ2) is 10.2. The number of nitriles is 1. The molecule has 174 valence electrons. The quantitative estimate of drug-likeness (QED) is 0.670. The Bertz CT molecular complexity index is 1120. The molecule has 1 saturated carbocycles. The summed E-state index contributed by atoms with van der Waals surface area (Å²) in [5, 5.41) is 12.1. The second-order valence-electron chi connectivity index (χ2n) is 7.93. The predicted octanol–water partition coefficient (Wildman–Crippen LogP) is 1.49. The number of carbonyl (C=O) groups is 1. The van der Waals surface area contributed by atoms with Crippen LogP contribution >= 0.6 is 0 Å². The highest BCUT2D eigenvalue weighted by atomic mass is 32.2. The van der Waals surface area contributed by atoms with E-state index in [0.717, 1.165) is 12.8 Å². The van der Waals surface area contributed by atoms with Gasteiger partial charge in [-0.2, -0.15) is 9.57 Å². The molecule has 0 bridgehead atoms. The highest BCUT2D eigenvalue weighted by molar-refractivity contribution is 7.89. The summed E-state index contributed by atoms with van der Waals surface area (Å²) in [6, 6.07) is 7.97. The van der Waals surface area contributed by atoms with Crippen LogP contribution < -0.4 is 10.1 Å². The largest absolute Gasteiger partial charge is 0.472 e. The number of amides is 1. The molecule has 1 saturated heterocycles. The maximum Gasteiger partial charge on any atom is 0.251 e. The van der Waals surface area contributed by atoms with Crippen LogP contribution in [0.5, 0.6) is 5.88 Å². The van der Waals surface area contributed by atoms with Crippen molar-refractivity contribution in [2.45, 2.75) is 42.7 Å². The number of ether oxygens (including phenoxy) is 2. The number of carbonyl (C=O) groups excluding carboxylic acids is 1. The van der Waals surface area contributed by atoms with Gasteiger partial charge in [-0.1, -0.05) is 0 Å². The topological polar surface area (TPSA) is 135 Å². The summed E-state index contributed by atoms with van der Waals surface area (Å²) in [4.78, 5) is 20.8. The molecule has 2 fully saturated rings. The first kappa shape index (κ1) is 23.1. The molecule has 0 spiro atoms. The first-order valence-electron chi connectivity index (χ1n) is 10.8. The fraction of sp³-hybridized carbons (Fsp3) is 0.455. The molecule has 0 radical (unpaired) electrons. The van der Waals surface area contributed by atoms with Crippen LogP contribution in [0, 0.1) is 11.3 Å². The molecule has 1 aliphatic heterocycles. The summed E-state index contributed by atoms with van der Waals surface area (Å²) in [5.74, 6) is -0.00464. The van der Waals surface area contributed by atoms with Gasteiger partial charge in [-0.15, -0.1) is 0 Å². The summed E-state index contributed by atoms with van der Waals surface area (Å²) in [6.07, 6.45) is 5.71. The van der Waals surface area contributed by atoms with Crippen molar-refractivity contribution in [1.82, 2.24) is 19.6 Å². The Labute approximate surface area is 192 Å². The number of rotatable bonds is 6. The standard InChI is InChI=1S/C22H25N5O5S/c23-15-20-22(25-10-9-24-20)32-18-5-3-17(4-6-18)26-21(28)16-1-7-19(8-2-16)33(29,30)27-11-13-31-14-12-27/h1-2,7-10,17-18H,3-6,11-14H2,(H,26,28). The number of nitrogens with one attached hydrogen (secondary N) is 1. The van der Waals surface area contributed by atoms with Gasteiger partial charge in [-0.3, -0.25) is 4.79 Å². The highest BCUT2D eigenvalue weighted by Gasteiger charge is 2.27. The lowest BCUT2D eigenvalue weighted by Crippen LogP contribution is -2.40. The number of hydrogen-bond donors (Lipinski definition) is 1. The van der Waals surface area contributed by atoms with E-state index in [4.69, 9.17) is 14.7 Å². The smallest absolute Gasteiger partial charge is 0.251 e. The van der Waals surface area contributed by atoms with Crippen LogP contribution in [0.3, 0.4) is 0 Å². The zero-order chi connectivity index (χ0) is 23.3. The number of nitrogens with zero attached hydrogens (tertiary/aromatic N) is 4. The maximum atomic E-state index is 12.7. The van der Waals surface area contributed by atoms with Gasteiger partial charge in [0, 0.05) is 37.1 Å². The van der Waals surface area contributed by atoms with Crippen LogP contribution in [0.1, 0.15) is 41.7 Å². The van der Waals surface area contributed by atoms with Crippen molar-refractivity contribution in [2.24, 2.45) is 0 Å². The van der Waals surface area contributed by atoms with E-state index in [0.29, 0.717) is 44.7 Å². The van der Waals surface area contributed by atoms with Crippen molar-refractivity contribution in [3.05, 3.63) is 47.9 Å². The van der Waals surface area contributed by atoms with Gasteiger partial charge in [0.05, 0.1) is 18.1 Å². The fourth-order valence-corrected chi connectivity index (χ4v) is 5.36. The van der Waals surface area contributed by atoms with Crippen LogP contribution in [-0.2, 0) is 14.8 Å². The molecule has 1 N–H and O–H groups in total. The van der Waals surface area contributed by atoms with Gasteiger partial charge in [-0.05, 0) is 49.9 Å². The Morgan fingerprint density at radius 3 is 2.42 bits per heavy atom. The Morgan fingerprint density at radius 1 is 1.09 bits per heavy atom. The van der Waals surface area contributed by atoms with Gasteiger partial charge in [0.2, 0.25) is 15.7 Å². The van der Waals surface area contributed by atoms with Crippen LogP contribution in [-0.4, -0.2) is 67.0 Å². The van der Waals surface area contributed by atoms with E-state index in [1.54, 1.807) is 0 Å². The minimum Gasteiger partial charge on any atom is -0.472 e. The van der Waals surface area contributed by atoms with Crippen molar-refractivity contribution < 1.29 is 22.7 Å². The molecule has 1 aliphatic carbocycles. The monoisotopic (exact) mass is 471 g/mol. The van der Waals surface area contributed by atoms with E-state index in [1.165, 1.54) is 41.0 Å². The zero-order valence-corrected chi connectivity index (χ0v) is 18.8. The molecular formula is C22H25N5O5S. The number of benzene rings is 1. The molecule has 0 atom stereocenters. The molecule has 0 unspecified atom stereocenters. The molecule has 2 aromatic rings.